The minimum atomic E-state index is 0.0681. The van der Waals surface area contributed by atoms with Crippen molar-refractivity contribution in [3.05, 3.63) is 29.5 Å². The first-order valence-electron chi connectivity index (χ1n) is 5.91. The first-order valence-corrected chi connectivity index (χ1v) is 6.29. The number of ether oxygens (including phenoxy) is 3. The van der Waals surface area contributed by atoms with Gasteiger partial charge in [0, 0.05) is 7.11 Å². The SMILES string of the molecule is COCCOc1ccccc1-c1nc(Cl)nc(OC)n1. The molecule has 106 valence electrons. The van der Waals surface area contributed by atoms with E-state index in [1.807, 2.05) is 24.3 Å². The highest BCUT2D eigenvalue weighted by Gasteiger charge is 2.12. The summed E-state index contributed by atoms with van der Waals surface area (Å²) in [7, 11) is 3.09. The fraction of sp³-hybridized carbons (Fsp3) is 0.308. The van der Waals surface area contributed by atoms with E-state index in [9.17, 15) is 0 Å². The third-order valence-electron chi connectivity index (χ3n) is 2.44. The molecule has 0 fully saturated rings. The van der Waals surface area contributed by atoms with E-state index in [1.165, 1.54) is 7.11 Å². The molecule has 0 aliphatic heterocycles. The quantitative estimate of drug-likeness (QED) is 0.761. The van der Waals surface area contributed by atoms with Crippen LogP contribution in [0.1, 0.15) is 0 Å². The second-order valence-corrected chi connectivity index (χ2v) is 4.09. The Morgan fingerprint density at radius 1 is 1.05 bits per heavy atom. The van der Waals surface area contributed by atoms with Crippen molar-refractivity contribution in [2.24, 2.45) is 0 Å². The van der Waals surface area contributed by atoms with Crippen LogP contribution in [0.15, 0.2) is 24.3 Å². The average Bonchev–Trinajstić information content (AvgIpc) is 2.47. The van der Waals surface area contributed by atoms with Crippen molar-refractivity contribution < 1.29 is 14.2 Å². The van der Waals surface area contributed by atoms with E-state index in [0.717, 1.165) is 0 Å². The van der Waals surface area contributed by atoms with Gasteiger partial charge in [-0.05, 0) is 23.7 Å². The highest BCUT2D eigenvalue weighted by molar-refractivity contribution is 6.28. The Morgan fingerprint density at radius 3 is 2.60 bits per heavy atom. The van der Waals surface area contributed by atoms with Gasteiger partial charge in [0.25, 0.3) is 0 Å². The molecule has 0 spiro atoms. The molecule has 0 unspecified atom stereocenters. The number of rotatable bonds is 6. The van der Waals surface area contributed by atoms with Crippen molar-refractivity contribution in [1.82, 2.24) is 15.0 Å². The molecular weight excluding hydrogens is 282 g/mol. The summed E-state index contributed by atoms with van der Waals surface area (Å²) < 4.78 is 15.6. The number of nitrogens with zero attached hydrogens (tertiary/aromatic N) is 3. The van der Waals surface area contributed by atoms with Gasteiger partial charge in [-0.1, -0.05) is 12.1 Å². The summed E-state index contributed by atoms with van der Waals surface area (Å²) in [5.41, 5.74) is 0.714. The predicted molar refractivity (Wildman–Crippen MR) is 74.2 cm³/mol. The fourth-order valence-corrected chi connectivity index (χ4v) is 1.71. The van der Waals surface area contributed by atoms with Gasteiger partial charge < -0.3 is 14.2 Å². The minimum Gasteiger partial charge on any atom is -0.490 e. The standard InChI is InChI=1S/C13H14ClN3O3/c1-18-7-8-20-10-6-4-3-5-9(10)11-15-12(14)17-13(16-11)19-2/h3-6H,7-8H2,1-2H3. The maximum atomic E-state index is 5.85. The van der Waals surface area contributed by atoms with Crippen LogP contribution >= 0.6 is 11.6 Å². The van der Waals surface area contributed by atoms with Gasteiger partial charge in [0.2, 0.25) is 5.28 Å². The molecule has 0 saturated heterocycles. The first kappa shape index (κ1) is 14.5. The zero-order valence-corrected chi connectivity index (χ0v) is 11.9. The molecule has 0 aliphatic rings. The lowest BCUT2D eigenvalue weighted by Gasteiger charge is -2.10. The van der Waals surface area contributed by atoms with Crippen molar-refractivity contribution in [2.45, 2.75) is 0 Å². The topological polar surface area (TPSA) is 66.4 Å². The summed E-state index contributed by atoms with van der Waals surface area (Å²) in [6.07, 6.45) is 0. The Balaban J connectivity index is 2.34. The number of methoxy groups -OCH3 is 2. The molecule has 1 aromatic heterocycles. The third-order valence-corrected chi connectivity index (χ3v) is 2.61. The first-order chi connectivity index (χ1) is 9.74. The molecule has 0 N–H and O–H groups in total. The van der Waals surface area contributed by atoms with E-state index >= 15 is 0 Å². The number of hydrogen-bond donors (Lipinski definition) is 0. The minimum absolute atomic E-state index is 0.0681. The average molecular weight is 296 g/mol. The molecular formula is C13H14ClN3O3. The molecule has 1 heterocycles. The summed E-state index contributed by atoms with van der Waals surface area (Å²) in [5, 5.41) is 0.0681. The van der Waals surface area contributed by atoms with E-state index in [4.69, 9.17) is 25.8 Å². The number of benzene rings is 1. The van der Waals surface area contributed by atoms with Crippen LogP contribution in [0.4, 0.5) is 0 Å². The highest BCUT2D eigenvalue weighted by Crippen LogP contribution is 2.28. The van der Waals surface area contributed by atoms with Gasteiger partial charge in [0.15, 0.2) is 5.82 Å². The van der Waals surface area contributed by atoms with Crippen LogP contribution in [0.25, 0.3) is 11.4 Å². The van der Waals surface area contributed by atoms with Crippen LogP contribution in [-0.2, 0) is 4.74 Å². The van der Waals surface area contributed by atoms with E-state index in [2.05, 4.69) is 15.0 Å². The molecule has 20 heavy (non-hydrogen) atoms. The molecule has 2 aromatic rings. The lowest BCUT2D eigenvalue weighted by molar-refractivity contribution is 0.146. The zero-order valence-electron chi connectivity index (χ0n) is 11.2. The van der Waals surface area contributed by atoms with Gasteiger partial charge in [-0.3, -0.25) is 0 Å². The van der Waals surface area contributed by atoms with Crippen molar-refractivity contribution in [2.75, 3.05) is 27.4 Å². The summed E-state index contributed by atoms with van der Waals surface area (Å²) in [6, 6.07) is 7.56. The molecule has 0 aliphatic carbocycles. The molecule has 0 atom stereocenters. The molecule has 0 bridgehead atoms. The molecule has 7 heteroatoms. The lowest BCUT2D eigenvalue weighted by atomic mass is 10.2. The molecule has 2 rings (SSSR count). The number of halogens is 1. The summed E-state index contributed by atoms with van der Waals surface area (Å²) in [5.74, 6) is 1.05. The van der Waals surface area contributed by atoms with Crippen molar-refractivity contribution in [1.29, 1.82) is 0 Å². The number of hydrogen-bond acceptors (Lipinski definition) is 6. The van der Waals surface area contributed by atoms with Crippen LogP contribution in [-0.4, -0.2) is 42.4 Å². The molecule has 0 amide bonds. The fourth-order valence-electron chi connectivity index (χ4n) is 1.56. The molecule has 0 radical (unpaired) electrons. The van der Waals surface area contributed by atoms with Crippen molar-refractivity contribution >= 4 is 11.6 Å². The van der Waals surface area contributed by atoms with E-state index in [0.29, 0.717) is 30.4 Å². The summed E-state index contributed by atoms with van der Waals surface area (Å²) >= 11 is 5.85. The summed E-state index contributed by atoms with van der Waals surface area (Å²) in [4.78, 5) is 12.1. The van der Waals surface area contributed by atoms with Gasteiger partial charge in [-0.25, -0.2) is 0 Å². The normalized spacial score (nSPS) is 10.3. The van der Waals surface area contributed by atoms with Gasteiger partial charge in [-0.2, -0.15) is 15.0 Å². The molecule has 6 nitrogen and oxygen atoms in total. The molecule has 1 aromatic carbocycles. The lowest BCUT2D eigenvalue weighted by Crippen LogP contribution is -2.06. The van der Waals surface area contributed by atoms with Gasteiger partial charge in [0.05, 0.1) is 19.3 Å². The van der Waals surface area contributed by atoms with E-state index < -0.39 is 0 Å². The largest absolute Gasteiger partial charge is 0.490 e. The Morgan fingerprint density at radius 2 is 1.85 bits per heavy atom. The second-order valence-electron chi connectivity index (χ2n) is 3.75. The van der Waals surface area contributed by atoms with Crippen molar-refractivity contribution in [3.63, 3.8) is 0 Å². The third kappa shape index (κ3) is 3.55. The Hall–Kier alpha value is -1.92. The Kier molecular flexibility index (Phi) is 5.09. The van der Waals surface area contributed by atoms with Gasteiger partial charge >= 0.3 is 6.01 Å². The van der Waals surface area contributed by atoms with Crippen LogP contribution < -0.4 is 9.47 Å². The van der Waals surface area contributed by atoms with Crippen LogP contribution in [0.2, 0.25) is 5.28 Å². The van der Waals surface area contributed by atoms with E-state index in [-0.39, 0.29) is 11.3 Å². The van der Waals surface area contributed by atoms with Crippen LogP contribution in [0.5, 0.6) is 11.8 Å². The monoisotopic (exact) mass is 295 g/mol. The van der Waals surface area contributed by atoms with Gasteiger partial charge in [-0.15, -0.1) is 0 Å². The summed E-state index contributed by atoms with van der Waals surface area (Å²) in [6.45, 7) is 0.930. The van der Waals surface area contributed by atoms with Crippen molar-refractivity contribution in [3.8, 4) is 23.1 Å². The Bertz CT molecular complexity index is 581. The van der Waals surface area contributed by atoms with Crippen LogP contribution in [0.3, 0.4) is 0 Å². The molecule has 0 saturated carbocycles. The van der Waals surface area contributed by atoms with Crippen LogP contribution in [0, 0.1) is 0 Å². The number of para-hydroxylation sites is 1. The van der Waals surface area contributed by atoms with E-state index in [1.54, 1.807) is 7.11 Å². The maximum Gasteiger partial charge on any atom is 0.321 e. The zero-order chi connectivity index (χ0) is 14.4. The smallest absolute Gasteiger partial charge is 0.321 e. The number of aromatic nitrogens is 3. The van der Waals surface area contributed by atoms with Gasteiger partial charge in [0.1, 0.15) is 12.4 Å². The predicted octanol–water partition coefficient (Wildman–Crippen LogP) is 2.23. The second kappa shape index (κ2) is 7.02. The Labute approximate surface area is 121 Å². The highest BCUT2D eigenvalue weighted by atomic mass is 35.5. The maximum absolute atomic E-state index is 5.85.